The van der Waals surface area contributed by atoms with Crippen LogP contribution >= 0.6 is 11.8 Å². The Bertz CT molecular complexity index is 1330. The zero-order valence-corrected chi connectivity index (χ0v) is 20.7. The number of para-hydroxylation sites is 2. The molecule has 2 aromatic heterocycles. The fourth-order valence-electron chi connectivity index (χ4n) is 3.11. The normalized spacial score (nSPS) is 11.1. The largest absolute Gasteiger partial charge is 0.496 e. The molecule has 2 aromatic carbocycles. The van der Waals surface area contributed by atoms with Gasteiger partial charge in [-0.3, -0.25) is 9.59 Å². The summed E-state index contributed by atoms with van der Waals surface area (Å²) in [4.78, 5) is 24.6. The van der Waals surface area contributed by atoms with E-state index in [1.807, 2.05) is 0 Å². The number of rotatable bonds is 10. The molecule has 37 heavy (non-hydrogen) atoms. The third-order valence-electron chi connectivity index (χ3n) is 4.82. The molecule has 0 spiro atoms. The summed E-state index contributed by atoms with van der Waals surface area (Å²) in [5.74, 6) is 0.977. The SMILES string of the molecule is COc1ccccc1C(=O)N/N=C/c1ccc(Sc2ccc(/C=N/NC(=O)c3ccccc3OC)o2)o1. The van der Waals surface area contributed by atoms with Crippen LogP contribution in [0, 0.1) is 0 Å². The van der Waals surface area contributed by atoms with Crippen molar-refractivity contribution in [3.8, 4) is 11.5 Å². The topological polar surface area (TPSA) is 128 Å². The number of benzene rings is 2. The standard InChI is InChI=1S/C26H22N4O6S/c1-33-21-9-5-3-7-19(21)25(31)29-27-15-17-11-13-23(35-17)37-24-14-12-18(36-24)16-28-30-26(32)20-8-4-6-10-22(20)34-2/h3-16H,1-2H3,(H,29,31)(H,30,32)/b27-15+,28-16+. The van der Waals surface area contributed by atoms with Crippen LogP contribution in [0.5, 0.6) is 11.5 Å². The number of hydrogen-bond acceptors (Lipinski definition) is 9. The van der Waals surface area contributed by atoms with Crippen molar-refractivity contribution in [2.24, 2.45) is 10.2 Å². The number of amides is 2. The lowest BCUT2D eigenvalue weighted by Gasteiger charge is -2.05. The molecule has 11 heteroatoms. The summed E-state index contributed by atoms with van der Waals surface area (Å²) >= 11 is 1.25. The predicted octanol–water partition coefficient (Wildman–Crippen LogP) is 4.57. The molecule has 10 nitrogen and oxygen atoms in total. The van der Waals surface area contributed by atoms with Crippen LogP contribution in [0.15, 0.2) is 102 Å². The Morgan fingerprint density at radius 3 is 1.57 bits per heavy atom. The number of nitrogens with one attached hydrogen (secondary N) is 2. The lowest BCUT2D eigenvalue weighted by atomic mass is 10.2. The Morgan fingerprint density at radius 1 is 0.703 bits per heavy atom. The molecule has 188 valence electrons. The molecule has 0 bridgehead atoms. The zero-order valence-electron chi connectivity index (χ0n) is 19.8. The fourth-order valence-corrected chi connectivity index (χ4v) is 3.86. The molecule has 4 aromatic rings. The Labute approximate surface area is 216 Å². The Morgan fingerprint density at radius 2 is 1.14 bits per heavy atom. The first kappa shape index (κ1) is 25.3. The van der Waals surface area contributed by atoms with Crippen molar-refractivity contribution in [2.45, 2.75) is 10.2 Å². The van der Waals surface area contributed by atoms with Gasteiger partial charge in [-0.1, -0.05) is 24.3 Å². The monoisotopic (exact) mass is 518 g/mol. The van der Waals surface area contributed by atoms with E-state index in [0.717, 1.165) is 0 Å². The van der Waals surface area contributed by atoms with Crippen molar-refractivity contribution in [2.75, 3.05) is 14.2 Å². The summed E-state index contributed by atoms with van der Waals surface area (Å²) in [5.41, 5.74) is 5.62. The van der Waals surface area contributed by atoms with E-state index >= 15 is 0 Å². The number of hydrogen-bond donors (Lipinski definition) is 2. The summed E-state index contributed by atoms with van der Waals surface area (Å²) < 4.78 is 21.7. The highest BCUT2D eigenvalue weighted by molar-refractivity contribution is 7.99. The van der Waals surface area contributed by atoms with Gasteiger partial charge in [0.15, 0.2) is 10.2 Å². The van der Waals surface area contributed by atoms with Crippen LogP contribution in [-0.2, 0) is 0 Å². The number of ether oxygens (including phenoxy) is 2. The van der Waals surface area contributed by atoms with E-state index in [4.69, 9.17) is 18.3 Å². The second-order valence-corrected chi connectivity index (χ2v) is 8.22. The number of carbonyl (C=O) groups is 2. The van der Waals surface area contributed by atoms with Crippen LogP contribution in [0.3, 0.4) is 0 Å². The zero-order chi connectivity index (χ0) is 26.0. The number of methoxy groups -OCH3 is 2. The molecular formula is C26H22N4O6S. The van der Waals surface area contributed by atoms with Gasteiger partial charge < -0.3 is 18.3 Å². The van der Waals surface area contributed by atoms with Crippen molar-refractivity contribution in [3.63, 3.8) is 0 Å². The molecule has 2 heterocycles. The van der Waals surface area contributed by atoms with Gasteiger partial charge >= 0.3 is 0 Å². The summed E-state index contributed by atoms with van der Waals surface area (Å²) in [6.07, 6.45) is 2.78. The van der Waals surface area contributed by atoms with E-state index in [0.29, 0.717) is 44.3 Å². The van der Waals surface area contributed by atoms with Gasteiger partial charge in [0.2, 0.25) is 0 Å². The van der Waals surface area contributed by atoms with Crippen LogP contribution in [0.2, 0.25) is 0 Å². The van der Waals surface area contributed by atoms with Gasteiger partial charge in [0, 0.05) is 0 Å². The number of hydrazone groups is 2. The van der Waals surface area contributed by atoms with Crippen LogP contribution in [0.25, 0.3) is 0 Å². The van der Waals surface area contributed by atoms with E-state index in [1.54, 1.807) is 72.8 Å². The first-order valence-electron chi connectivity index (χ1n) is 10.9. The summed E-state index contributed by atoms with van der Waals surface area (Å²) in [7, 11) is 2.99. The lowest BCUT2D eigenvalue weighted by molar-refractivity contribution is 0.0943. The first-order valence-corrected chi connectivity index (χ1v) is 11.7. The Kier molecular flexibility index (Phi) is 8.40. The van der Waals surface area contributed by atoms with E-state index in [9.17, 15) is 9.59 Å². The minimum Gasteiger partial charge on any atom is -0.496 e. The minimum atomic E-state index is -0.404. The molecule has 2 amide bonds. The number of carbonyl (C=O) groups excluding carboxylic acids is 2. The Hall–Kier alpha value is -4.77. The molecule has 2 N–H and O–H groups in total. The van der Waals surface area contributed by atoms with Crippen LogP contribution in [-0.4, -0.2) is 38.5 Å². The number of nitrogens with zero attached hydrogens (tertiary/aromatic N) is 2. The van der Waals surface area contributed by atoms with Crippen LogP contribution in [0.1, 0.15) is 32.2 Å². The summed E-state index contributed by atoms with van der Waals surface area (Å²) in [6.45, 7) is 0. The quantitative estimate of drug-likeness (QED) is 0.233. The highest BCUT2D eigenvalue weighted by Crippen LogP contribution is 2.30. The lowest BCUT2D eigenvalue weighted by Crippen LogP contribution is -2.18. The molecule has 0 aliphatic rings. The molecule has 4 rings (SSSR count). The van der Waals surface area contributed by atoms with E-state index in [1.165, 1.54) is 38.4 Å². The van der Waals surface area contributed by atoms with Gasteiger partial charge in [0.25, 0.3) is 11.8 Å². The van der Waals surface area contributed by atoms with Crippen LogP contribution < -0.4 is 20.3 Å². The maximum absolute atomic E-state index is 12.3. The average molecular weight is 519 g/mol. The Balaban J connectivity index is 1.29. The maximum atomic E-state index is 12.3. The molecule has 0 unspecified atom stereocenters. The second-order valence-electron chi connectivity index (χ2n) is 7.21. The van der Waals surface area contributed by atoms with Gasteiger partial charge in [-0.25, -0.2) is 10.9 Å². The molecule has 0 aliphatic carbocycles. The highest BCUT2D eigenvalue weighted by Gasteiger charge is 2.12. The highest BCUT2D eigenvalue weighted by atomic mass is 32.2. The first-order chi connectivity index (χ1) is 18.1. The predicted molar refractivity (Wildman–Crippen MR) is 138 cm³/mol. The van der Waals surface area contributed by atoms with E-state index in [-0.39, 0.29) is 0 Å². The van der Waals surface area contributed by atoms with Gasteiger partial charge in [-0.15, -0.1) is 0 Å². The maximum Gasteiger partial charge on any atom is 0.275 e. The average Bonchev–Trinajstić information content (AvgIpc) is 3.57. The van der Waals surface area contributed by atoms with Gasteiger partial charge in [0.1, 0.15) is 23.0 Å². The second kappa shape index (κ2) is 12.3. The third-order valence-corrected chi connectivity index (χ3v) is 5.67. The molecule has 0 fully saturated rings. The molecule has 0 saturated carbocycles. The molecule has 0 saturated heterocycles. The van der Waals surface area contributed by atoms with Crippen molar-refractivity contribution >= 4 is 36.0 Å². The molecular weight excluding hydrogens is 496 g/mol. The van der Waals surface area contributed by atoms with Gasteiger partial charge in [-0.2, -0.15) is 10.2 Å². The third kappa shape index (κ3) is 6.67. The van der Waals surface area contributed by atoms with Gasteiger partial charge in [-0.05, 0) is 60.3 Å². The molecule has 0 radical (unpaired) electrons. The number of furan rings is 2. The molecule has 0 atom stereocenters. The van der Waals surface area contributed by atoms with E-state index < -0.39 is 11.8 Å². The van der Waals surface area contributed by atoms with Crippen molar-refractivity contribution in [1.29, 1.82) is 0 Å². The van der Waals surface area contributed by atoms with E-state index in [2.05, 4.69) is 21.1 Å². The van der Waals surface area contributed by atoms with Crippen LogP contribution in [0.4, 0.5) is 0 Å². The fraction of sp³-hybridized carbons (Fsp3) is 0.0769. The van der Waals surface area contributed by atoms with Gasteiger partial charge in [0.05, 0.1) is 37.8 Å². The summed E-state index contributed by atoms with van der Waals surface area (Å²) in [5, 5.41) is 8.98. The van der Waals surface area contributed by atoms with Crippen molar-refractivity contribution in [3.05, 3.63) is 95.4 Å². The van der Waals surface area contributed by atoms with Crippen molar-refractivity contribution in [1.82, 2.24) is 10.9 Å². The summed E-state index contributed by atoms with van der Waals surface area (Å²) in [6, 6.07) is 20.6. The minimum absolute atomic E-state index is 0.370. The molecule has 0 aliphatic heterocycles. The smallest absolute Gasteiger partial charge is 0.275 e. The van der Waals surface area contributed by atoms with Crippen molar-refractivity contribution < 1.29 is 27.9 Å².